The molecule has 0 amide bonds. The molecule has 4 aromatic rings. The zero-order valence-electron chi connectivity index (χ0n) is 23.9. The van der Waals surface area contributed by atoms with Gasteiger partial charge in [-0.05, 0) is 42.0 Å². The molecule has 0 saturated carbocycles. The number of rotatable bonds is 9. The molecule has 3 heterocycles. The second-order valence-corrected chi connectivity index (χ2v) is 12.5. The standard InChI is InChI=1S/C17H14F3N5O6S2.C9H9F4NO/c18-17(19,20)31-9-1-3-10(4-2-9)33(29,30)25-6-5-24(8-12(25)15(27)28)16-22-11-7-21-23-14(26)13(11)32-16;10-8(11)9(12,13)15-7-3-1-6(5-14)2-4-7/h1-4,7,12H,5-6,8H2,(H,23,26)(H,27,28);1-4,8H,5,14H2/t12-;/m1./s1. The van der Waals surface area contributed by atoms with Crippen LogP contribution in [-0.2, 0) is 21.4 Å². The predicted molar refractivity (Wildman–Crippen MR) is 155 cm³/mol. The van der Waals surface area contributed by atoms with Crippen molar-refractivity contribution < 1.29 is 58.5 Å². The number of thiazole rings is 1. The van der Waals surface area contributed by atoms with E-state index >= 15 is 0 Å². The first-order chi connectivity index (χ1) is 22.4. The van der Waals surface area contributed by atoms with E-state index in [4.69, 9.17) is 5.73 Å². The SMILES string of the molecule is NCc1ccc(OC(F)(F)C(F)F)cc1.O=C(O)[C@H]1CN(c2nc3cn[nH]c(=O)c3s2)CCN1S(=O)(=O)c1ccc(OC(F)(F)F)cc1. The van der Waals surface area contributed by atoms with Crippen molar-refractivity contribution in [1.29, 1.82) is 0 Å². The van der Waals surface area contributed by atoms with E-state index in [1.165, 1.54) is 30.5 Å². The molecule has 48 heavy (non-hydrogen) atoms. The maximum absolute atomic E-state index is 13.0. The number of carbonyl (C=O) groups is 1. The van der Waals surface area contributed by atoms with Crippen molar-refractivity contribution in [3.05, 3.63) is 70.6 Å². The summed E-state index contributed by atoms with van der Waals surface area (Å²) in [6, 6.07) is 7.17. The van der Waals surface area contributed by atoms with Gasteiger partial charge in [-0.25, -0.2) is 18.5 Å². The van der Waals surface area contributed by atoms with E-state index in [9.17, 15) is 53.8 Å². The molecule has 5 rings (SSSR count). The number of anilines is 1. The Morgan fingerprint density at radius 3 is 2.19 bits per heavy atom. The maximum Gasteiger partial charge on any atom is 0.573 e. The minimum atomic E-state index is -4.94. The van der Waals surface area contributed by atoms with Gasteiger partial charge in [0, 0.05) is 26.2 Å². The summed E-state index contributed by atoms with van der Waals surface area (Å²) >= 11 is 1.02. The van der Waals surface area contributed by atoms with Crippen molar-refractivity contribution in [2.24, 2.45) is 5.73 Å². The zero-order valence-corrected chi connectivity index (χ0v) is 25.5. The van der Waals surface area contributed by atoms with Crippen LogP contribution in [0.5, 0.6) is 11.5 Å². The summed E-state index contributed by atoms with van der Waals surface area (Å²) in [6.07, 6.45) is -11.9. The fraction of sp³-hybridized carbons (Fsp3) is 0.308. The third kappa shape index (κ3) is 8.67. The second kappa shape index (κ2) is 14.3. The largest absolute Gasteiger partial charge is 0.573 e. The van der Waals surface area contributed by atoms with Crippen molar-refractivity contribution in [3.63, 3.8) is 0 Å². The summed E-state index contributed by atoms with van der Waals surface area (Å²) in [6.45, 7) is -0.172. The topological polar surface area (TPSA) is 181 Å². The number of aromatic nitrogens is 3. The van der Waals surface area contributed by atoms with Gasteiger partial charge in [0.15, 0.2) is 5.13 Å². The molecule has 0 unspecified atom stereocenters. The molecule has 0 aliphatic carbocycles. The molecule has 1 atom stereocenters. The summed E-state index contributed by atoms with van der Waals surface area (Å²) in [5.74, 6) is -2.35. The zero-order chi connectivity index (χ0) is 35.4. The number of hydrogen-bond acceptors (Lipinski definition) is 11. The van der Waals surface area contributed by atoms with Crippen LogP contribution >= 0.6 is 11.3 Å². The van der Waals surface area contributed by atoms with Crippen molar-refractivity contribution in [1.82, 2.24) is 19.5 Å². The second-order valence-electron chi connectivity index (χ2n) is 9.66. The van der Waals surface area contributed by atoms with Crippen LogP contribution in [0, 0.1) is 0 Å². The Balaban J connectivity index is 0.000000291. The van der Waals surface area contributed by atoms with Gasteiger partial charge >= 0.3 is 24.9 Å². The number of H-pyrrole nitrogens is 1. The summed E-state index contributed by atoms with van der Waals surface area (Å²) < 4.78 is 120. The molecule has 1 aliphatic heterocycles. The number of halogens is 7. The van der Waals surface area contributed by atoms with Gasteiger partial charge in [0.05, 0.1) is 11.1 Å². The highest BCUT2D eigenvalue weighted by molar-refractivity contribution is 7.89. The van der Waals surface area contributed by atoms with Crippen LogP contribution in [0.25, 0.3) is 10.2 Å². The van der Waals surface area contributed by atoms with Gasteiger partial charge in [-0.15, -0.1) is 13.2 Å². The molecular weight excluding hydrogens is 705 g/mol. The Hall–Kier alpha value is -4.54. The molecular formula is C26H23F7N6O7S2. The first-order valence-corrected chi connectivity index (χ1v) is 15.5. The quantitative estimate of drug-likeness (QED) is 0.214. The van der Waals surface area contributed by atoms with E-state index in [1.54, 1.807) is 4.90 Å². The van der Waals surface area contributed by atoms with E-state index in [2.05, 4.69) is 24.7 Å². The number of hydrogen-bond donors (Lipinski definition) is 3. The summed E-state index contributed by atoms with van der Waals surface area (Å²) in [5, 5.41) is 15.9. The molecule has 4 N–H and O–H groups in total. The van der Waals surface area contributed by atoms with Gasteiger partial charge in [0.25, 0.3) is 5.56 Å². The fourth-order valence-electron chi connectivity index (χ4n) is 4.18. The van der Waals surface area contributed by atoms with Gasteiger partial charge in [-0.2, -0.15) is 27.0 Å². The van der Waals surface area contributed by atoms with Crippen LogP contribution < -0.4 is 25.7 Å². The molecule has 260 valence electrons. The predicted octanol–water partition coefficient (Wildman–Crippen LogP) is 3.62. The van der Waals surface area contributed by atoms with Gasteiger partial charge < -0.3 is 25.2 Å². The number of ether oxygens (including phenoxy) is 2. The Morgan fingerprint density at radius 1 is 1.04 bits per heavy atom. The lowest BCUT2D eigenvalue weighted by molar-refractivity contribution is -0.274. The number of aromatic amines is 1. The number of benzene rings is 2. The van der Waals surface area contributed by atoms with Crippen LogP contribution in [0.15, 0.2) is 64.4 Å². The maximum atomic E-state index is 13.0. The van der Waals surface area contributed by atoms with E-state index < -0.39 is 52.2 Å². The molecule has 0 radical (unpaired) electrons. The van der Waals surface area contributed by atoms with E-state index in [0.717, 1.165) is 39.9 Å². The molecule has 1 saturated heterocycles. The average Bonchev–Trinajstić information content (AvgIpc) is 3.47. The van der Waals surface area contributed by atoms with E-state index in [0.29, 0.717) is 20.9 Å². The number of carboxylic acid groups (broad SMARTS) is 1. The number of nitrogens with one attached hydrogen (secondary N) is 1. The normalized spacial score (nSPS) is 16.0. The first kappa shape index (κ1) is 36.3. The number of carboxylic acids is 1. The smallest absolute Gasteiger partial charge is 0.480 e. The highest BCUT2D eigenvalue weighted by Crippen LogP contribution is 2.31. The Labute approximate surface area is 269 Å². The minimum absolute atomic E-state index is 0.0729. The Kier molecular flexibility index (Phi) is 10.8. The number of sulfonamides is 1. The minimum Gasteiger partial charge on any atom is -0.480 e. The number of aliphatic carboxylic acids is 1. The average molecular weight is 729 g/mol. The third-order valence-electron chi connectivity index (χ3n) is 6.42. The van der Waals surface area contributed by atoms with Crippen molar-refractivity contribution in [3.8, 4) is 11.5 Å². The van der Waals surface area contributed by atoms with Crippen LogP contribution in [0.4, 0.5) is 35.9 Å². The molecule has 22 heteroatoms. The van der Waals surface area contributed by atoms with Gasteiger partial charge in [-0.1, -0.05) is 23.5 Å². The lowest BCUT2D eigenvalue weighted by atomic mass is 10.2. The van der Waals surface area contributed by atoms with Crippen LogP contribution in [0.3, 0.4) is 0 Å². The van der Waals surface area contributed by atoms with E-state index in [-0.39, 0.29) is 36.8 Å². The van der Waals surface area contributed by atoms with Gasteiger partial charge in [-0.3, -0.25) is 9.59 Å². The van der Waals surface area contributed by atoms with Gasteiger partial charge in [0.2, 0.25) is 10.0 Å². The molecule has 2 aromatic carbocycles. The van der Waals surface area contributed by atoms with Crippen molar-refractivity contribution in [2.75, 3.05) is 24.5 Å². The van der Waals surface area contributed by atoms with Crippen LogP contribution in [-0.4, -0.2) is 83.6 Å². The molecule has 13 nitrogen and oxygen atoms in total. The Morgan fingerprint density at radius 2 is 1.65 bits per heavy atom. The first-order valence-electron chi connectivity index (χ1n) is 13.2. The number of piperazine rings is 1. The number of nitrogens with zero attached hydrogens (tertiary/aromatic N) is 4. The van der Waals surface area contributed by atoms with Crippen molar-refractivity contribution >= 4 is 42.7 Å². The summed E-state index contributed by atoms with van der Waals surface area (Å²) in [4.78, 5) is 29.2. The third-order valence-corrected chi connectivity index (χ3v) is 9.47. The Bertz CT molecular complexity index is 1890. The lowest BCUT2D eigenvalue weighted by Gasteiger charge is -2.38. The highest BCUT2D eigenvalue weighted by Gasteiger charge is 2.44. The molecule has 0 bridgehead atoms. The lowest BCUT2D eigenvalue weighted by Crippen LogP contribution is -2.58. The highest BCUT2D eigenvalue weighted by atomic mass is 32.2. The molecule has 0 spiro atoms. The molecule has 2 aromatic heterocycles. The van der Waals surface area contributed by atoms with Crippen LogP contribution in [0.1, 0.15) is 5.56 Å². The van der Waals surface area contributed by atoms with Crippen molar-refractivity contribution in [2.45, 2.75) is 36.4 Å². The molecule has 1 fully saturated rings. The monoisotopic (exact) mass is 728 g/mol. The number of nitrogens with two attached hydrogens (primary N) is 1. The van der Waals surface area contributed by atoms with Gasteiger partial charge in [0.1, 0.15) is 27.8 Å². The number of alkyl halides is 7. The summed E-state index contributed by atoms with van der Waals surface area (Å²) in [5.41, 5.74) is 5.83. The van der Waals surface area contributed by atoms with E-state index in [1.807, 2.05) is 0 Å². The fourth-order valence-corrected chi connectivity index (χ4v) is 6.71. The molecule has 1 aliphatic rings. The summed E-state index contributed by atoms with van der Waals surface area (Å²) in [7, 11) is -4.35. The van der Waals surface area contributed by atoms with Crippen LogP contribution in [0.2, 0.25) is 0 Å². The number of fused-ring (bicyclic) bond motifs is 1.